The summed E-state index contributed by atoms with van der Waals surface area (Å²) in [6.45, 7) is 6.50. The van der Waals surface area contributed by atoms with Crippen LogP contribution in [-0.2, 0) is 9.53 Å². The lowest BCUT2D eigenvalue weighted by Gasteiger charge is -2.22. The summed E-state index contributed by atoms with van der Waals surface area (Å²) in [5.74, 6) is -0.0184. The Kier molecular flexibility index (Phi) is 5.51. The highest BCUT2D eigenvalue weighted by Gasteiger charge is 2.20. The SMILES string of the molecule is CCNCCNC(=O)[C@H]1CNCCO1. The van der Waals surface area contributed by atoms with Gasteiger partial charge in [0, 0.05) is 26.2 Å². The van der Waals surface area contributed by atoms with E-state index in [2.05, 4.69) is 16.0 Å². The first-order valence-electron chi connectivity index (χ1n) is 5.15. The third-order valence-electron chi connectivity index (χ3n) is 2.07. The lowest BCUT2D eigenvalue weighted by atomic mass is 10.3. The number of likely N-dealkylation sites (N-methyl/N-ethyl adjacent to an activating group) is 1. The molecule has 1 aliphatic heterocycles. The van der Waals surface area contributed by atoms with Gasteiger partial charge in [-0.05, 0) is 6.54 Å². The second-order valence-electron chi connectivity index (χ2n) is 3.21. The second kappa shape index (κ2) is 6.75. The van der Waals surface area contributed by atoms with Crippen LogP contribution in [0.5, 0.6) is 0 Å². The highest BCUT2D eigenvalue weighted by Crippen LogP contribution is 1.94. The van der Waals surface area contributed by atoms with Crippen molar-refractivity contribution in [2.45, 2.75) is 13.0 Å². The molecule has 1 heterocycles. The largest absolute Gasteiger partial charge is 0.366 e. The van der Waals surface area contributed by atoms with Crippen LogP contribution >= 0.6 is 0 Å². The fourth-order valence-electron chi connectivity index (χ4n) is 1.30. The first-order chi connectivity index (χ1) is 6.84. The van der Waals surface area contributed by atoms with Crippen LogP contribution in [0.2, 0.25) is 0 Å². The Morgan fingerprint density at radius 1 is 1.57 bits per heavy atom. The number of amides is 1. The third-order valence-corrected chi connectivity index (χ3v) is 2.07. The second-order valence-corrected chi connectivity index (χ2v) is 3.21. The predicted octanol–water partition coefficient (Wildman–Crippen LogP) is -1.30. The number of carbonyl (C=O) groups excluding carboxylic acids is 1. The molecule has 0 radical (unpaired) electrons. The number of morpholine rings is 1. The monoisotopic (exact) mass is 201 g/mol. The van der Waals surface area contributed by atoms with E-state index in [9.17, 15) is 4.79 Å². The molecular formula is C9H19N3O2. The van der Waals surface area contributed by atoms with Gasteiger partial charge < -0.3 is 20.7 Å². The van der Waals surface area contributed by atoms with Gasteiger partial charge in [-0.3, -0.25) is 4.79 Å². The standard InChI is InChI=1S/C9H19N3O2/c1-2-10-3-4-12-9(13)8-7-11-5-6-14-8/h8,10-11H,2-7H2,1H3,(H,12,13)/t8-/m1/s1. The Labute approximate surface area is 84.6 Å². The molecule has 14 heavy (non-hydrogen) atoms. The molecule has 0 aromatic rings. The van der Waals surface area contributed by atoms with E-state index in [1.165, 1.54) is 0 Å². The quantitative estimate of drug-likeness (QED) is 0.484. The van der Waals surface area contributed by atoms with Crippen molar-refractivity contribution in [3.63, 3.8) is 0 Å². The highest BCUT2D eigenvalue weighted by molar-refractivity contribution is 5.81. The lowest BCUT2D eigenvalue weighted by molar-refractivity contribution is -0.134. The molecule has 0 unspecified atom stereocenters. The summed E-state index contributed by atoms with van der Waals surface area (Å²) in [6, 6.07) is 0. The molecule has 5 heteroatoms. The van der Waals surface area contributed by atoms with E-state index >= 15 is 0 Å². The highest BCUT2D eigenvalue weighted by atomic mass is 16.5. The third kappa shape index (κ3) is 4.04. The van der Waals surface area contributed by atoms with Gasteiger partial charge in [-0.1, -0.05) is 6.92 Å². The molecule has 0 aliphatic carbocycles. The van der Waals surface area contributed by atoms with Crippen LogP contribution in [0.3, 0.4) is 0 Å². The number of ether oxygens (including phenoxy) is 1. The van der Waals surface area contributed by atoms with E-state index < -0.39 is 0 Å². The van der Waals surface area contributed by atoms with Crippen LogP contribution in [-0.4, -0.2) is 51.3 Å². The van der Waals surface area contributed by atoms with E-state index in [0.717, 1.165) is 19.6 Å². The van der Waals surface area contributed by atoms with Crippen LogP contribution in [0.25, 0.3) is 0 Å². The Balaban J connectivity index is 2.07. The maximum Gasteiger partial charge on any atom is 0.250 e. The molecular weight excluding hydrogens is 182 g/mol. The van der Waals surface area contributed by atoms with Crippen LogP contribution in [0.15, 0.2) is 0 Å². The fraction of sp³-hybridized carbons (Fsp3) is 0.889. The van der Waals surface area contributed by atoms with Gasteiger partial charge in [0.1, 0.15) is 6.10 Å². The molecule has 1 saturated heterocycles. The molecule has 0 spiro atoms. The van der Waals surface area contributed by atoms with Gasteiger partial charge in [-0.15, -0.1) is 0 Å². The maximum absolute atomic E-state index is 11.5. The van der Waals surface area contributed by atoms with Crippen molar-refractivity contribution in [2.24, 2.45) is 0 Å². The number of hydrogen-bond donors (Lipinski definition) is 3. The van der Waals surface area contributed by atoms with Crippen molar-refractivity contribution < 1.29 is 9.53 Å². The van der Waals surface area contributed by atoms with E-state index in [4.69, 9.17) is 4.74 Å². The Bertz CT molecular complexity index is 169. The molecule has 5 nitrogen and oxygen atoms in total. The van der Waals surface area contributed by atoms with Gasteiger partial charge in [0.2, 0.25) is 0 Å². The van der Waals surface area contributed by atoms with E-state index in [0.29, 0.717) is 19.7 Å². The van der Waals surface area contributed by atoms with Crippen LogP contribution in [0.1, 0.15) is 6.92 Å². The van der Waals surface area contributed by atoms with Gasteiger partial charge >= 0.3 is 0 Å². The van der Waals surface area contributed by atoms with Crippen LogP contribution in [0.4, 0.5) is 0 Å². The van der Waals surface area contributed by atoms with Crippen molar-refractivity contribution in [1.82, 2.24) is 16.0 Å². The van der Waals surface area contributed by atoms with Crippen molar-refractivity contribution >= 4 is 5.91 Å². The van der Waals surface area contributed by atoms with E-state index in [-0.39, 0.29) is 12.0 Å². The van der Waals surface area contributed by atoms with Crippen molar-refractivity contribution in [2.75, 3.05) is 39.3 Å². The van der Waals surface area contributed by atoms with Crippen molar-refractivity contribution in [3.05, 3.63) is 0 Å². The molecule has 0 aromatic carbocycles. The van der Waals surface area contributed by atoms with Gasteiger partial charge in [-0.2, -0.15) is 0 Å². The summed E-state index contributed by atoms with van der Waals surface area (Å²) >= 11 is 0. The van der Waals surface area contributed by atoms with Crippen molar-refractivity contribution in [3.8, 4) is 0 Å². The topological polar surface area (TPSA) is 62.4 Å². The molecule has 3 N–H and O–H groups in total. The molecule has 1 aliphatic rings. The number of carbonyl (C=O) groups is 1. The summed E-state index contributed by atoms with van der Waals surface area (Å²) in [5.41, 5.74) is 0. The number of hydrogen-bond acceptors (Lipinski definition) is 4. The Morgan fingerprint density at radius 2 is 2.43 bits per heavy atom. The smallest absolute Gasteiger partial charge is 0.250 e. The summed E-state index contributed by atoms with van der Waals surface area (Å²) in [6.07, 6.45) is -0.314. The summed E-state index contributed by atoms with van der Waals surface area (Å²) in [5, 5.41) is 9.07. The minimum absolute atomic E-state index is 0.0184. The average molecular weight is 201 g/mol. The zero-order valence-electron chi connectivity index (χ0n) is 8.64. The van der Waals surface area contributed by atoms with Crippen molar-refractivity contribution in [1.29, 1.82) is 0 Å². The van der Waals surface area contributed by atoms with E-state index in [1.54, 1.807) is 0 Å². The van der Waals surface area contributed by atoms with Gasteiger partial charge in [-0.25, -0.2) is 0 Å². The van der Waals surface area contributed by atoms with Crippen LogP contribution < -0.4 is 16.0 Å². The zero-order valence-corrected chi connectivity index (χ0v) is 8.64. The molecule has 1 rings (SSSR count). The lowest BCUT2D eigenvalue weighted by Crippen LogP contribution is -2.48. The minimum atomic E-state index is -0.314. The first-order valence-corrected chi connectivity index (χ1v) is 5.15. The Morgan fingerprint density at radius 3 is 3.07 bits per heavy atom. The van der Waals surface area contributed by atoms with Gasteiger partial charge in [0.25, 0.3) is 5.91 Å². The zero-order chi connectivity index (χ0) is 10.2. The fourth-order valence-corrected chi connectivity index (χ4v) is 1.30. The number of nitrogens with one attached hydrogen (secondary N) is 3. The molecule has 1 amide bonds. The molecule has 1 fully saturated rings. The van der Waals surface area contributed by atoms with Crippen LogP contribution in [0, 0.1) is 0 Å². The molecule has 82 valence electrons. The molecule has 0 saturated carbocycles. The normalized spacial score (nSPS) is 21.9. The van der Waals surface area contributed by atoms with Gasteiger partial charge in [0.05, 0.1) is 6.61 Å². The number of rotatable bonds is 5. The average Bonchev–Trinajstić information content (AvgIpc) is 2.25. The predicted molar refractivity (Wildman–Crippen MR) is 54.2 cm³/mol. The summed E-state index contributed by atoms with van der Waals surface area (Å²) in [4.78, 5) is 11.5. The maximum atomic E-state index is 11.5. The first kappa shape index (κ1) is 11.4. The summed E-state index contributed by atoms with van der Waals surface area (Å²) < 4.78 is 5.30. The molecule has 0 aromatic heterocycles. The van der Waals surface area contributed by atoms with Gasteiger partial charge in [0.15, 0.2) is 0 Å². The molecule has 0 bridgehead atoms. The Hall–Kier alpha value is -0.650. The minimum Gasteiger partial charge on any atom is -0.366 e. The molecule has 1 atom stereocenters. The van der Waals surface area contributed by atoms with E-state index in [1.807, 2.05) is 6.92 Å². The summed E-state index contributed by atoms with van der Waals surface area (Å²) in [7, 11) is 0.